The summed E-state index contributed by atoms with van der Waals surface area (Å²) in [6.45, 7) is 4.67. The minimum Gasteiger partial charge on any atom is -0.481 e. The Morgan fingerprint density at radius 1 is 1.13 bits per heavy atom. The molecule has 0 bridgehead atoms. The van der Waals surface area contributed by atoms with Crippen LogP contribution < -0.4 is 14.2 Å². The first-order chi connectivity index (χ1) is 7.15. The summed E-state index contributed by atoms with van der Waals surface area (Å²) in [4.78, 5) is 8.07. The van der Waals surface area contributed by atoms with Crippen molar-refractivity contribution in [2.75, 3.05) is 20.8 Å². The largest absolute Gasteiger partial charge is 0.481 e. The summed E-state index contributed by atoms with van der Waals surface area (Å²) in [5.74, 6) is 1.28. The van der Waals surface area contributed by atoms with E-state index in [1.165, 1.54) is 14.2 Å². The zero-order valence-electron chi connectivity index (χ0n) is 9.48. The van der Waals surface area contributed by atoms with Crippen LogP contribution in [0.4, 0.5) is 0 Å². The van der Waals surface area contributed by atoms with Gasteiger partial charge in [-0.25, -0.2) is 0 Å². The minimum absolute atomic E-state index is 0.278. The summed E-state index contributed by atoms with van der Waals surface area (Å²) in [5, 5.41) is 0. The molecule has 0 amide bonds. The Balaban J connectivity index is 2.77. The monoisotopic (exact) mass is 212 g/mol. The SMILES string of the molecule is COc1cc(OC)nc(OCC(C)C)n1. The molecule has 15 heavy (non-hydrogen) atoms. The summed E-state index contributed by atoms with van der Waals surface area (Å²) in [5.41, 5.74) is 0. The molecular formula is C10H16N2O3. The van der Waals surface area contributed by atoms with Crippen molar-refractivity contribution in [2.24, 2.45) is 5.92 Å². The van der Waals surface area contributed by atoms with Crippen molar-refractivity contribution in [1.82, 2.24) is 9.97 Å². The molecule has 84 valence electrons. The first-order valence-electron chi connectivity index (χ1n) is 4.75. The van der Waals surface area contributed by atoms with E-state index < -0.39 is 0 Å². The molecule has 0 aliphatic rings. The van der Waals surface area contributed by atoms with Gasteiger partial charge in [-0.2, -0.15) is 9.97 Å². The van der Waals surface area contributed by atoms with E-state index in [0.29, 0.717) is 24.3 Å². The van der Waals surface area contributed by atoms with Crippen LogP contribution in [0.3, 0.4) is 0 Å². The Hall–Kier alpha value is -1.52. The van der Waals surface area contributed by atoms with Crippen LogP contribution >= 0.6 is 0 Å². The number of nitrogens with zero attached hydrogens (tertiary/aromatic N) is 2. The molecule has 1 aromatic heterocycles. The summed E-state index contributed by atoms with van der Waals surface area (Å²) in [7, 11) is 3.07. The number of hydrogen-bond acceptors (Lipinski definition) is 5. The second-order valence-corrected chi connectivity index (χ2v) is 3.44. The molecule has 0 unspecified atom stereocenters. The van der Waals surface area contributed by atoms with E-state index in [9.17, 15) is 0 Å². The second kappa shape index (κ2) is 5.38. The van der Waals surface area contributed by atoms with Gasteiger partial charge in [0.1, 0.15) is 0 Å². The Kier molecular flexibility index (Phi) is 4.15. The lowest BCUT2D eigenvalue weighted by atomic mass is 10.2. The lowest BCUT2D eigenvalue weighted by molar-refractivity contribution is 0.241. The van der Waals surface area contributed by atoms with Crippen LogP contribution in [0.5, 0.6) is 17.8 Å². The first-order valence-corrected chi connectivity index (χ1v) is 4.75. The highest BCUT2D eigenvalue weighted by atomic mass is 16.5. The highest BCUT2D eigenvalue weighted by Gasteiger charge is 2.06. The lowest BCUT2D eigenvalue weighted by Crippen LogP contribution is -2.08. The zero-order valence-corrected chi connectivity index (χ0v) is 9.48. The minimum atomic E-state index is 0.278. The van der Waals surface area contributed by atoms with Crippen LogP contribution in [-0.2, 0) is 0 Å². The Morgan fingerprint density at radius 3 is 2.07 bits per heavy atom. The van der Waals surface area contributed by atoms with Crippen LogP contribution in [0.25, 0.3) is 0 Å². The Labute approximate surface area is 89.4 Å². The third-order valence-electron chi connectivity index (χ3n) is 1.62. The molecule has 5 nitrogen and oxygen atoms in total. The third-order valence-corrected chi connectivity index (χ3v) is 1.62. The average Bonchev–Trinajstić information content (AvgIpc) is 2.25. The van der Waals surface area contributed by atoms with Crippen molar-refractivity contribution in [3.8, 4) is 17.8 Å². The molecule has 0 aliphatic heterocycles. The number of ether oxygens (including phenoxy) is 3. The number of aromatic nitrogens is 2. The van der Waals surface area contributed by atoms with Crippen molar-refractivity contribution in [3.05, 3.63) is 6.07 Å². The van der Waals surface area contributed by atoms with Gasteiger partial charge >= 0.3 is 6.01 Å². The van der Waals surface area contributed by atoms with Gasteiger partial charge in [-0.3, -0.25) is 0 Å². The molecule has 0 saturated carbocycles. The van der Waals surface area contributed by atoms with Gasteiger partial charge in [0.25, 0.3) is 0 Å². The van der Waals surface area contributed by atoms with E-state index in [4.69, 9.17) is 14.2 Å². The summed E-state index contributed by atoms with van der Waals surface area (Å²) < 4.78 is 15.4. The molecule has 0 saturated heterocycles. The topological polar surface area (TPSA) is 53.5 Å². The van der Waals surface area contributed by atoms with E-state index in [1.54, 1.807) is 6.07 Å². The molecule has 1 aromatic rings. The van der Waals surface area contributed by atoms with Crippen LogP contribution in [0.2, 0.25) is 0 Å². The van der Waals surface area contributed by atoms with E-state index in [-0.39, 0.29) is 6.01 Å². The Morgan fingerprint density at radius 2 is 1.67 bits per heavy atom. The fraction of sp³-hybridized carbons (Fsp3) is 0.600. The van der Waals surface area contributed by atoms with Gasteiger partial charge in [0.05, 0.1) is 26.9 Å². The lowest BCUT2D eigenvalue weighted by Gasteiger charge is -2.08. The van der Waals surface area contributed by atoms with Crippen LogP contribution in [-0.4, -0.2) is 30.8 Å². The van der Waals surface area contributed by atoms with Gasteiger partial charge in [0.2, 0.25) is 11.8 Å². The van der Waals surface area contributed by atoms with E-state index in [2.05, 4.69) is 23.8 Å². The first kappa shape index (κ1) is 11.6. The maximum Gasteiger partial charge on any atom is 0.323 e. The molecule has 0 aromatic carbocycles. The molecule has 5 heteroatoms. The standard InChI is InChI=1S/C10H16N2O3/c1-7(2)6-15-10-11-8(13-3)5-9(12-10)14-4/h5,7H,6H2,1-4H3. The highest BCUT2D eigenvalue weighted by molar-refractivity contribution is 5.22. The van der Waals surface area contributed by atoms with Gasteiger partial charge < -0.3 is 14.2 Å². The molecule has 0 atom stereocenters. The van der Waals surface area contributed by atoms with Gasteiger partial charge in [-0.05, 0) is 5.92 Å². The predicted molar refractivity (Wildman–Crippen MR) is 55.5 cm³/mol. The maximum atomic E-state index is 5.37. The van der Waals surface area contributed by atoms with Gasteiger partial charge in [-0.15, -0.1) is 0 Å². The molecule has 0 fully saturated rings. The smallest absolute Gasteiger partial charge is 0.323 e. The third kappa shape index (κ3) is 3.61. The van der Waals surface area contributed by atoms with Crippen LogP contribution in [0.15, 0.2) is 6.07 Å². The molecule has 0 aliphatic carbocycles. The average molecular weight is 212 g/mol. The van der Waals surface area contributed by atoms with Crippen molar-refractivity contribution < 1.29 is 14.2 Å². The zero-order chi connectivity index (χ0) is 11.3. The molecule has 0 radical (unpaired) electrons. The van der Waals surface area contributed by atoms with Gasteiger partial charge in [0.15, 0.2) is 0 Å². The van der Waals surface area contributed by atoms with Gasteiger partial charge in [-0.1, -0.05) is 13.8 Å². The van der Waals surface area contributed by atoms with Crippen molar-refractivity contribution in [1.29, 1.82) is 0 Å². The fourth-order valence-corrected chi connectivity index (χ4v) is 0.899. The van der Waals surface area contributed by atoms with Crippen molar-refractivity contribution in [2.45, 2.75) is 13.8 Å². The summed E-state index contributed by atoms with van der Waals surface area (Å²) in [6, 6.07) is 1.88. The van der Waals surface area contributed by atoms with E-state index >= 15 is 0 Å². The summed E-state index contributed by atoms with van der Waals surface area (Å²) in [6.07, 6.45) is 0. The molecule has 1 heterocycles. The molecular weight excluding hydrogens is 196 g/mol. The van der Waals surface area contributed by atoms with E-state index in [0.717, 1.165) is 0 Å². The normalized spacial score (nSPS) is 10.2. The molecule has 0 N–H and O–H groups in total. The second-order valence-electron chi connectivity index (χ2n) is 3.44. The van der Waals surface area contributed by atoms with Crippen LogP contribution in [0, 0.1) is 5.92 Å². The van der Waals surface area contributed by atoms with Crippen LogP contribution in [0.1, 0.15) is 13.8 Å². The summed E-state index contributed by atoms with van der Waals surface area (Å²) >= 11 is 0. The maximum absolute atomic E-state index is 5.37. The molecule has 0 spiro atoms. The van der Waals surface area contributed by atoms with E-state index in [1.807, 2.05) is 0 Å². The van der Waals surface area contributed by atoms with Gasteiger partial charge in [0, 0.05) is 0 Å². The fourth-order valence-electron chi connectivity index (χ4n) is 0.899. The Bertz CT molecular complexity index is 293. The number of rotatable bonds is 5. The molecule has 1 rings (SSSR count). The van der Waals surface area contributed by atoms with Crippen molar-refractivity contribution >= 4 is 0 Å². The highest BCUT2D eigenvalue weighted by Crippen LogP contribution is 2.18. The quantitative estimate of drug-likeness (QED) is 0.740. The predicted octanol–water partition coefficient (Wildman–Crippen LogP) is 1.53. The number of methoxy groups -OCH3 is 2. The number of hydrogen-bond donors (Lipinski definition) is 0. The van der Waals surface area contributed by atoms with Crippen molar-refractivity contribution in [3.63, 3.8) is 0 Å².